The van der Waals surface area contributed by atoms with E-state index in [0.717, 1.165) is 25.2 Å². The molecule has 0 bridgehead atoms. The highest BCUT2D eigenvalue weighted by molar-refractivity contribution is 5.85. The second-order valence-electron chi connectivity index (χ2n) is 4.70. The van der Waals surface area contributed by atoms with Crippen LogP contribution in [0.2, 0.25) is 0 Å². The minimum Gasteiger partial charge on any atom is -0.355 e. The van der Waals surface area contributed by atoms with E-state index in [9.17, 15) is 9.18 Å². The van der Waals surface area contributed by atoms with Crippen LogP contribution in [0.5, 0.6) is 0 Å². The lowest BCUT2D eigenvalue weighted by Gasteiger charge is -2.36. The zero-order chi connectivity index (χ0) is 13.7. The molecule has 1 amide bonds. The zero-order valence-electron chi connectivity index (χ0n) is 11.6. The second-order valence-corrected chi connectivity index (χ2v) is 4.70. The molecule has 2 rings (SSSR count). The van der Waals surface area contributed by atoms with Gasteiger partial charge in [-0.25, -0.2) is 4.39 Å². The molecule has 1 unspecified atom stereocenters. The van der Waals surface area contributed by atoms with E-state index < -0.39 is 0 Å². The molecule has 0 spiro atoms. The molecule has 0 saturated carbocycles. The standard InChI is InChI=1S/C14H20FN3O.ClH/c1-2-17-14(19)10-18-7-6-16-9-13(18)11-4-3-5-12(15)8-11;/h3-5,8,13,16H,2,6-7,9-10H2,1H3,(H,17,19);1H. The minimum atomic E-state index is -0.235. The summed E-state index contributed by atoms with van der Waals surface area (Å²) < 4.78 is 13.3. The molecule has 1 aromatic carbocycles. The molecular weight excluding hydrogens is 281 g/mol. The van der Waals surface area contributed by atoms with E-state index in [2.05, 4.69) is 15.5 Å². The molecule has 0 radical (unpaired) electrons. The first-order valence-electron chi connectivity index (χ1n) is 6.67. The smallest absolute Gasteiger partial charge is 0.234 e. The van der Waals surface area contributed by atoms with Gasteiger partial charge in [0.05, 0.1) is 6.54 Å². The molecule has 1 aromatic rings. The summed E-state index contributed by atoms with van der Waals surface area (Å²) in [6, 6.07) is 6.65. The van der Waals surface area contributed by atoms with Crippen molar-refractivity contribution in [1.82, 2.24) is 15.5 Å². The Morgan fingerprint density at radius 1 is 1.55 bits per heavy atom. The highest BCUT2D eigenvalue weighted by Gasteiger charge is 2.25. The van der Waals surface area contributed by atoms with Crippen molar-refractivity contribution in [2.75, 3.05) is 32.7 Å². The Morgan fingerprint density at radius 3 is 3.05 bits per heavy atom. The quantitative estimate of drug-likeness (QED) is 0.882. The maximum atomic E-state index is 13.3. The molecule has 1 aliphatic heterocycles. The van der Waals surface area contributed by atoms with Gasteiger partial charge in [0.15, 0.2) is 0 Å². The van der Waals surface area contributed by atoms with Crippen LogP contribution in [0, 0.1) is 5.82 Å². The van der Waals surface area contributed by atoms with Crippen molar-refractivity contribution >= 4 is 18.3 Å². The Labute approximate surface area is 125 Å². The van der Waals surface area contributed by atoms with E-state index >= 15 is 0 Å². The molecule has 20 heavy (non-hydrogen) atoms. The van der Waals surface area contributed by atoms with Gasteiger partial charge in [-0.15, -0.1) is 12.4 Å². The fourth-order valence-corrected chi connectivity index (χ4v) is 2.42. The monoisotopic (exact) mass is 301 g/mol. The molecule has 112 valence electrons. The van der Waals surface area contributed by atoms with Gasteiger partial charge in [-0.05, 0) is 24.6 Å². The van der Waals surface area contributed by atoms with Gasteiger partial charge in [0.1, 0.15) is 5.82 Å². The van der Waals surface area contributed by atoms with Crippen LogP contribution in [0.25, 0.3) is 0 Å². The number of rotatable bonds is 4. The molecule has 6 heteroatoms. The lowest BCUT2D eigenvalue weighted by molar-refractivity contribution is -0.122. The van der Waals surface area contributed by atoms with Gasteiger partial charge in [0.2, 0.25) is 5.91 Å². The average molecular weight is 302 g/mol. The molecule has 2 N–H and O–H groups in total. The maximum absolute atomic E-state index is 13.3. The topological polar surface area (TPSA) is 44.4 Å². The van der Waals surface area contributed by atoms with Crippen LogP contribution >= 0.6 is 12.4 Å². The Hall–Kier alpha value is -1.17. The van der Waals surface area contributed by atoms with Gasteiger partial charge in [-0.1, -0.05) is 12.1 Å². The van der Waals surface area contributed by atoms with Crippen molar-refractivity contribution in [3.05, 3.63) is 35.6 Å². The number of benzene rings is 1. The fourth-order valence-electron chi connectivity index (χ4n) is 2.42. The molecule has 1 saturated heterocycles. The molecule has 1 atom stereocenters. The third kappa shape index (κ3) is 4.44. The predicted octanol–water partition coefficient (Wildman–Crippen LogP) is 1.33. The zero-order valence-corrected chi connectivity index (χ0v) is 12.4. The number of piperazine rings is 1. The van der Waals surface area contributed by atoms with Crippen LogP contribution in [0.3, 0.4) is 0 Å². The molecule has 0 aliphatic carbocycles. The first kappa shape index (κ1) is 16.9. The Bertz CT molecular complexity index is 444. The van der Waals surface area contributed by atoms with Crippen molar-refractivity contribution in [1.29, 1.82) is 0 Å². The SMILES string of the molecule is CCNC(=O)CN1CCNCC1c1cccc(F)c1.Cl. The summed E-state index contributed by atoms with van der Waals surface area (Å²) in [5.41, 5.74) is 0.913. The van der Waals surface area contributed by atoms with E-state index in [1.165, 1.54) is 6.07 Å². The van der Waals surface area contributed by atoms with Crippen molar-refractivity contribution in [2.45, 2.75) is 13.0 Å². The number of halogens is 2. The van der Waals surface area contributed by atoms with Crippen molar-refractivity contribution < 1.29 is 9.18 Å². The van der Waals surface area contributed by atoms with Gasteiger partial charge < -0.3 is 10.6 Å². The van der Waals surface area contributed by atoms with Crippen molar-refractivity contribution in [2.24, 2.45) is 0 Å². The molecule has 1 aliphatic rings. The van der Waals surface area contributed by atoms with E-state index in [1.807, 2.05) is 13.0 Å². The molecule has 1 fully saturated rings. The summed E-state index contributed by atoms with van der Waals surface area (Å²) in [5.74, 6) is -0.216. The highest BCUT2D eigenvalue weighted by Crippen LogP contribution is 2.22. The van der Waals surface area contributed by atoms with Gasteiger partial charge >= 0.3 is 0 Å². The van der Waals surface area contributed by atoms with E-state index in [-0.39, 0.29) is 30.2 Å². The Kier molecular flexibility index (Phi) is 6.91. The van der Waals surface area contributed by atoms with Gasteiger partial charge in [-0.2, -0.15) is 0 Å². The highest BCUT2D eigenvalue weighted by atomic mass is 35.5. The number of carbonyl (C=O) groups excluding carboxylic acids is 1. The summed E-state index contributed by atoms with van der Waals surface area (Å²) in [5, 5.41) is 6.09. The van der Waals surface area contributed by atoms with Crippen LogP contribution in [0.15, 0.2) is 24.3 Å². The lowest BCUT2D eigenvalue weighted by atomic mass is 10.0. The summed E-state index contributed by atoms with van der Waals surface area (Å²) in [6.45, 7) is 5.28. The molecule has 0 aromatic heterocycles. The van der Waals surface area contributed by atoms with E-state index in [0.29, 0.717) is 13.1 Å². The Balaban J connectivity index is 0.00000200. The molecule has 1 heterocycles. The number of hydrogen-bond acceptors (Lipinski definition) is 3. The number of hydrogen-bond donors (Lipinski definition) is 2. The van der Waals surface area contributed by atoms with Gasteiger partial charge in [0.25, 0.3) is 0 Å². The number of nitrogens with one attached hydrogen (secondary N) is 2. The number of nitrogens with zero attached hydrogens (tertiary/aromatic N) is 1. The van der Waals surface area contributed by atoms with Crippen LogP contribution < -0.4 is 10.6 Å². The number of carbonyl (C=O) groups is 1. The van der Waals surface area contributed by atoms with Gasteiger partial charge in [-0.3, -0.25) is 9.69 Å². The summed E-state index contributed by atoms with van der Waals surface area (Å²) >= 11 is 0. The summed E-state index contributed by atoms with van der Waals surface area (Å²) in [6.07, 6.45) is 0. The predicted molar refractivity (Wildman–Crippen MR) is 79.5 cm³/mol. The minimum absolute atomic E-state index is 0. The van der Waals surface area contributed by atoms with Gasteiger partial charge in [0, 0.05) is 32.2 Å². The van der Waals surface area contributed by atoms with Crippen LogP contribution in [0.1, 0.15) is 18.5 Å². The number of likely N-dealkylation sites (N-methyl/N-ethyl adjacent to an activating group) is 1. The number of amides is 1. The first-order valence-corrected chi connectivity index (χ1v) is 6.67. The fraction of sp³-hybridized carbons (Fsp3) is 0.500. The summed E-state index contributed by atoms with van der Waals surface area (Å²) in [4.78, 5) is 13.8. The van der Waals surface area contributed by atoms with Crippen molar-refractivity contribution in [3.8, 4) is 0 Å². The normalized spacial score (nSPS) is 19.2. The molecular formula is C14H21ClFN3O. The molecule has 4 nitrogen and oxygen atoms in total. The first-order chi connectivity index (χ1) is 9.20. The Morgan fingerprint density at radius 2 is 2.35 bits per heavy atom. The van der Waals surface area contributed by atoms with Crippen molar-refractivity contribution in [3.63, 3.8) is 0 Å². The van der Waals surface area contributed by atoms with E-state index in [1.54, 1.807) is 12.1 Å². The third-order valence-corrected chi connectivity index (χ3v) is 3.31. The van der Waals surface area contributed by atoms with E-state index in [4.69, 9.17) is 0 Å². The van der Waals surface area contributed by atoms with Crippen LogP contribution in [0.4, 0.5) is 4.39 Å². The van der Waals surface area contributed by atoms with Crippen LogP contribution in [-0.2, 0) is 4.79 Å². The van der Waals surface area contributed by atoms with Crippen LogP contribution in [-0.4, -0.2) is 43.5 Å². The second kappa shape index (κ2) is 8.19. The maximum Gasteiger partial charge on any atom is 0.234 e. The summed E-state index contributed by atoms with van der Waals surface area (Å²) in [7, 11) is 0. The largest absolute Gasteiger partial charge is 0.355 e. The lowest BCUT2D eigenvalue weighted by Crippen LogP contribution is -2.49. The third-order valence-electron chi connectivity index (χ3n) is 3.31. The average Bonchev–Trinajstić information content (AvgIpc) is 2.39.